The molecule has 0 radical (unpaired) electrons. The molecule has 2 atom stereocenters. The molecule has 1 fully saturated rings. The zero-order valence-electron chi connectivity index (χ0n) is 6.84. The molecule has 0 aromatic carbocycles. The van der Waals surface area contributed by atoms with Gasteiger partial charge in [0.15, 0.2) is 0 Å². The van der Waals surface area contributed by atoms with Crippen LogP contribution >= 0.6 is 0 Å². The van der Waals surface area contributed by atoms with Gasteiger partial charge in [-0.15, -0.1) is 0 Å². The first-order valence-electron chi connectivity index (χ1n) is 4.15. The maximum Gasteiger partial charge on any atom is 0.303 e. The Bertz CT molecular complexity index is 147. The van der Waals surface area contributed by atoms with Gasteiger partial charge in [-0.25, -0.2) is 0 Å². The highest BCUT2D eigenvalue weighted by atomic mass is 16.4. The first-order valence-corrected chi connectivity index (χ1v) is 4.15. The summed E-state index contributed by atoms with van der Waals surface area (Å²) in [6.45, 7) is 3.10. The van der Waals surface area contributed by atoms with E-state index in [1.54, 1.807) is 0 Å². The summed E-state index contributed by atoms with van der Waals surface area (Å²) in [6.07, 6.45) is 2.48. The van der Waals surface area contributed by atoms with Crippen LogP contribution in [0.2, 0.25) is 0 Å². The van der Waals surface area contributed by atoms with Gasteiger partial charge in [0, 0.05) is 12.5 Å². The number of hydrogen-bond donors (Lipinski definition) is 2. The SMILES string of the molecule is C[C@H]1NCCC[C@@H]1CC(=O)O. The summed E-state index contributed by atoms with van der Waals surface area (Å²) in [5, 5.41) is 11.8. The molecule has 0 spiro atoms. The third kappa shape index (κ3) is 2.50. The van der Waals surface area contributed by atoms with Gasteiger partial charge in [-0.2, -0.15) is 0 Å². The Hall–Kier alpha value is -0.570. The predicted molar refractivity (Wildman–Crippen MR) is 42.4 cm³/mol. The van der Waals surface area contributed by atoms with Crippen molar-refractivity contribution in [3.8, 4) is 0 Å². The number of carboxylic acids is 1. The van der Waals surface area contributed by atoms with E-state index in [1.807, 2.05) is 0 Å². The van der Waals surface area contributed by atoms with E-state index in [9.17, 15) is 4.79 Å². The average molecular weight is 157 g/mol. The number of piperidine rings is 1. The van der Waals surface area contributed by atoms with Gasteiger partial charge in [-0.3, -0.25) is 4.79 Å². The molecule has 1 rings (SSSR count). The largest absolute Gasteiger partial charge is 0.481 e. The van der Waals surface area contributed by atoms with E-state index in [1.165, 1.54) is 0 Å². The zero-order chi connectivity index (χ0) is 8.27. The van der Waals surface area contributed by atoms with Crippen LogP contribution in [0.3, 0.4) is 0 Å². The van der Waals surface area contributed by atoms with Crippen molar-refractivity contribution in [3.05, 3.63) is 0 Å². The lowest BCUT2D eigenvalue weighted by atomic mass is 9.89. The molecule has 0 aliphatic carbocycles. The van der Waals surface area contributed by atoms with Crippen molar-refractivity contribution >= 4 is 5.97 Å². The number of nitrogens with one attached hydrogen (secondary N) is 1. The van der Waals surface area contributed by atoms with Crippen molar-refractivity contribution < 1.29 is 9.90 Å². The lowest BCUT2D eigenvalue weighted by molar-refractivity contribution is -0.138. The lowest BCUT2D eigenvalue weighted by Gasteiger charge is -2.28. The molecular weight excluding hydrogens is 142 g/mol. The van der Waals surface area contributed by atoms with Crippen molar-refractivity contribution in [1.29, 1.82) is 0 Å². The minimum Gasteiger partial charge on any atom is -0.481 e. The van der Waals surface area contributed by atoms with E-state index in [0.717, 1.165) is 19.4 Å². The van der Waals surface area contributed by atoms with Gasteiger partial charge in [0.1, 0.15) is 0 Å². The summed E-state index contributed by atoms with van der Waals surface area (Å²) in [5.74, 6) is -0.341. The molecule has 1 heterocycles. The molecule has 0 saturated carbocycles. The van der Waals surface area contributed by atoms with Crippen LogP contribution in [-0.2, 0) is 4.79 Å². The Morgan fingerprint density at radius 1 is 1.73 bits per heavy atom. The summed E-state index contributed by atoms with van der Waals surface area (Å²) in [4.78, 5) is 10.4. The highest BCUT2D eigenvalue weighted by Gasteiger charge is 2.22. The lowest BCUT2D eigenvalue weighted by Crippen LogP contribution is -2.39. The van der Waals surface area contributed by atoms with E-state index in [4.69, 9.17) is 5.11 Å². The van der Waals surface area contributed by atoms with Crippen LogP contribution in [0.25, 0.3) is 0 Å². The third-order valence-corrected chi connectivity index (χ3v) is 2.36. The average Bonchev–Trinajstić information content (AvgIpc) is 1.93. The summed E-state index contributed by atoms with van der Waals surface area (Å²) >= 11 is 0. The van der Waals surface area contributed by atoms with Crippen LogP contribution in [0.4, 0.5) is 0 Å². The summed E-state index contributed by atoms with van der Waals surface area (Å²) in [6, 6.07) is 0.375. The summed E-state index contributed by atoms with van der Waals surface area (Å²) in [7, 11) is 0. The molecule has 0 unspecified atom stereocenters. The molecule has 2 N–H and O–H groups in total. The van der Waals surface area contributed by atoms with Crippen molar-refractivity contribution in [1.82, 2.24) is 5.32 Å². The second-order valence-corrected chi connectivity index (χ2v) is 3.24. The van der Waals surface area contributed by atoms with Gasteiger partial charge >= 0.3 is 5.97 Å². The summed E-state index contributed by atoms with van der Waals surface area (Å²) in [5.41, 5.74) is 0. The van der Waals surface area contributed by atoms with E-state index < -0.39 is 5.97 Å². The first kappa shape index (κ1) is 8.53. The monoisotopic (exact) mass is 157 g/mol. The normalized spacial score (nSPS) is 31.7. The maximum absolute atomic E-state index is 10.4. The maximum atomic E-state index is 10.4. The van der Waals surface area contributed by atoms with Crippen LogP contribution in [0.5, 0.6) is 0 Å². The smallest absolute Gasteiger partial charge is 0.303 e. The number of rotatable bonds is 2. The number of carboxylic acid groups (broad SMARTS) is 1. The zero-order valence-corrected chi connectivity index (χ0v) is 6.84. The highest BCUT2D eigenvalue weighted by Crippen LogP contribution is 2.19. The minimum absolute atomic E-state index is 0.314. The minimum atomic E-state index is -0.675. The fourth-order valence-corrected chi connectivity index (χ4v) is 1.61. The standard InChI is InChI=1S/C8H15NO2/c1-6-7(5-8(10)11)3-2-4-9-6/h6-7,9H,2-5H2,1H3,(H,10,11)/t6-,7-/m1/s1. The second kappa shape index (κ2) is 3.72. The number of hydrogen-bond acceptors (Lipinski definition) is 2. The fraction of sp³-hybridized carbons (Fsp3) is 0.875. The Morgan fingerprint density at radius 3 is 3.00 bits per heavy atom. The second-order valence-electron chi connectivity index (χ2n) is 3.24. The molecule has 1 saturated heterocycles. The van der Waals surface area contributed by atoms with Gasteiger partial charge in [0.05, 0.1) is 0 Å². The Morgan fingerprint density at radius 2 is 2.45 bits per heavy atom. The van der Waals surface area contributed by atoms with Crippen LogP contribution < -0.4 is 5.32 Å². The molecule has 0 aromatic rings. The molecule has 3 nitrogen and oxygen atoms in total. The third-order valence-electron chi connectivity index (χ3n) is 2.36. The van der Waals surface area contributed by atoms with E-state index in [2.05, 4.69) is 12.2 Å². The van der Waals surface area contributed by atoms with Crippen molar-refractivity contribution in [2.45, 2.75) is 32.2 Å². The van der Waals surface area contributed by atoms with Crippen molar-refractivity contribution in [3.63, 3.8) is 0 Å². The Labute approximate surface area is 66.8 Å². The molecule has 64 valence electrons. The number of aliphatic carboxylic acids is 1. The Balaban J connectivity index is 2.35. The fourth-order valence-electron chi connectivity index (χ4n) is 1.61. The van der Waals surface area contributed by atoms with Crippen LogP contribution in [0.1, 0.15) is 26.2 Å². The topological polar surface area (TPSA) is 49.3 Å². The van der Waals surface area contributed by atoms with E-state index in [0.29, 0.717) is 18.4 Å². The van der Waals surface area contributed by atoms with Crippen LogP contribution in [0.15, 0.2) is 0 Å². The predicted octanol–water partition coefficient (Wildman–Crippen LogP) is 0.849. The molecule has 0 amide bonds. The van der Waals surface area contributed by atoms with Crippen LogP contribution in [0, 0.1) is 5.92 Å². The summed E-state index contributed by atoms with van der Waals surface area (Å²) < 4.78 is 0. The van der Waals surface area contributed by atoms with Gasteiger partial charge in [-0.05, 0) is 32.2 Å². The van der Waals surface area contributed by atoms with Crippen molar-refractivity contribution in [2.24, 2.45) is 5.92 Å². The van der Waals surface area contributed by atoms with Gasteiger partial charge in [0.2, 0.25) is 0 Å². The quantitative estimate of drug-likeness (QED) is 0.624. The number of carbonyl (C=O) groups is 1. The molecular formula is C8H15NO2. The molecule has 11 heavy (non-hydrogen) atoms. The first-order chi connectivity index (χ1) is 5.20. The van der Waals surface area contributed by atoms with E-state index >= 15 is 0 Å². The van der Waals surface area contributed by atoms with Crippen molar-refractivity contribution in [2.75, 3.05) is 6.54 Å². The molecule has 0 bridgehead atoms. The van der Waals surface area contributed by atoms with Crippen LogP contribution in [-0.4, -0.2) is 23.7 Å². The van der Waals surface area contributed by atoms with Gasteiger partial charge in [0.25, 0.3) is 0 Å². The molecule has 3 heteroatoms. The molecule has 1 aliphatic rings. The molecule has 1 aliphatic heterocycles. The molecule has 0 aromatic heterocycles. The van der Waals surface area contributed by atoms with Gasteiger partial charge < -0.3 is 10.4 Å². The van der Waals surface area contributed by atoms with E-state index in [-0.39, 0.29) is 0 Å². The van der Waals surface area contributed by atoms with Gasteiger partial charge in [-0.1, -0.05) is 0 Å². The highest BCUT2D eigenvalue weighted by molar-refractivity contribution is 5.67. The Kier molecular flexibility index (Phi) is 2.88.